The maximum atomic E-state index is 13.2. The van der Waals surface area contributed by atoms with Crippen LogP contribution in [-0.2, 0) is 0 Å². The number of amides is 1. The molecule has 7 heteroatoms. The quantitative estimate of drug-likeness (QED) is 0.773. The number of nitrogens with zero attached hydrogens (tertiary/aromatic N) is 5. The molecule has 140 valence electrons. The lowest BCUT2D eigenvalue weighted by molar-refractivity contribution is 0.0729. The van der Waals surface area contributed by atoms with E-state index in [0.717, 1.165) is 35.3 Å². The number of aromatic nitrogens is 4. The molecule has 27 heavy (non-hydrogen) atoms. The average Bonchev–Trinajstić information content (AvgIpc) is 3.28. The van der Waals surface area contributed by atoms with Crippen LogP contribution < -0.4 is 4.90 Å². The van der Waals surface area contributed by atoms with Gasteiger partial charge in [-0.05, 0) is 38.3 Å². The van der Waals surface area contributed by atoms with Gasteiger partial charge in [-0.1, -0.05) is 12.1 Å². The average molecular weight is 364 g/mol. The van der Waals surface area contributed by atoms with Crippen LogP contribution in [0, 0.1) is 13.8 Å². The second-order valence-corrected chi connectivity index (χ2v) is 7.31. The van der Waals surface area contributed by atoms with Gasteiger partial charge in [0, 0.05) is 26.8 Å². The lowest BCUT2D eigenvalue weighted by Gasteiger charge is -2.24. The fourth-order valence-electron chi connectivity index (χ4n) is 3.68. The maximum absolute atomic E-state index is 13.2. The molecule has 7 nitrogen and oxygen atoms in total. The largest absolute Gasteiger partial charge is 0.347 e. The van der Waals surface area contributed by atoms with Crippen LogP contribution in [0.1, 0.15) is 46.3 Å². The van der Waals surface area contributed by atoms with E-state index in [1.807, 2.05) is 43.0 Å². The molecule has 0 spiro atoms. The smallest absolute Gasteiger partial charge is 0.257 e. The monoisotopic (exact) mass is 364 g/mol. The molecule has 0 saturated carbocycles. The zero-order valence-electron chi connectivity index (χ0n) is 16.2. The number of benzene rings is 1. The Hall–Kier alpha value is -2.96. The number of aromatic amines is 1. The van der Waals surface area contributed by atoms with Gasteiger partial charge in [0.15, 0.2) is 0 Å². The Labute approximate surface area is 158 Å². The highest BCUT2D eigenvalue weighted by molar-refractivity contribution is 5.95. The van der Waals surface area contributed by atoms with E-state index in [1.165, 1.54) is 0 Å². The number of carbonyl (C=O) groups excluding carboxylic acids is 1. The van der Waals surface area contributed by atoms with Crippen molar-refractivity contribution in [1.82, 2.24) is 24.8 Å². The second kappa shape index (κ2) is 6.64. The molecule has 1 saturated heterocycles. The van der Waals surface area contributed by atoms with E-state index in [9.17, 15) is 4.79 Å². The summed E-state index contributed by atoms with van der Waals surface area (Å²) in [7, 11) is 3.77. The Morgan fingerprint density at radius 3 is 2.78 bits per heavy atom. The van der Waals surface area contributed by atoms with Gasteiger partial charge in [-0.2, -0.15) is 0 Å². The first-order chi connectivity index (χ1) is 13.0. The molecule has 0 aliphatic carbocycles. The van der Waals surface area contributed by atoms with Crippen molar-refractivity contribution in [2.75, 3.05) is 25.5 Å². The number of H-pyrrole nitrogens is 1. The highest BCUT2D eigenvalue weighted by atomic mass is 16.2. The molecule has 3 aromatic rings. The summed E-state index contributed by atoms with van der Waals surface area (Å²) >= 11 is 0. The Kier molecular flexibility index (Phi) is 4.30. The van der Waals surface area contributed by atoms with Crippen molar-refractivity contribution in [2.45, 2.75) is 32.7 Å². The zero-order chi connectivity index (χ0) is 19.1. The summed E-state index contributed by atoms with van der Waals surface area (Å²) in [6, 6.07) is 6.05. The third kappa shape index (κ3) is 3.03. The van der Waals surface area contributed by atoms with E-state index in [2.05, 4.69) is 27.9 Å². The lowest BCUT2D eigenvalue weighted by atomic mass is 10.1. The lowest BCUT2D eigenvalue weighted by Crippen LogP contribution is -2.32. The number of rotatable bonds is 3. The summed E-state index contributed by atoms with van der Waals surface area (Å²) in [6.07, 6.45) is 3.50. The summed E-state index contributed by atoms with van der Waals surface area (Å²) in [5.41, 5.74) is 4.37. The van der Waals surface area contributed by atoms with Crippen LogP contribution >= 0.6 is 0 Å². The normalized spacial score (nSPS) is 16.9. The summed E-state index contributed by atoms with van der Waals surface area (Å²) in [5.74, 6) is 1.43. The molecule has 0 unspecified atom stereocenters. The number of imidazole rings is 1. The van der Waals surface area contributed by atoms with Crippen molar-refractivity contribution < 1.29 is 4.79 Å². The molecule has 1 aliphatic heterocycles. The molecule has 1 fully saturated rings. The van der Waals surface area contributed by atoms with Crippen LogP contribution in [0.4, 0.5) is 5.95 Å². The van der Waals surface area contributed by atoms with Crippen LogP contribution in [0.15, 0.2) is 24.4 Å². The molecule has 1 amide bonds. The predicted octanol–water partition coefficient (Wildman–Crippen LogP) is 3.01. The molecule has 1 aromatic carbocycles. The predicted molar refractivity (Wildman–Crippen MR) is 105 cm³/mol. The van der Waals surface area contributed by atoms with Crippen LogP contribution in [0.3, 0.4) is 0 Å². The van der Waals surface area contributed by atoms with Crippen LogP contribution in [0.5, 0.6) is 0 Å². The number of fused-ring (bicyclic) bond motifs is 1. The van der Waals surface area contributed by atoms with Crippen molar-refractivity contribution in [1.29, 1.82) is 0 Å². The molecular weight excluding hydrogens is 340 g/mol. The first kappa shape index (κ1) is 17.5. The summed E-state index contributed by atoms with van der Waals surface area (Å²) in [4.78, 5) is 33.9. The first-order valence-corrected chi connectivity index (χ1v) is 9.23. The van der Waals surface area contributed by atoms with Crippen molar-refractivity contribution in [3.8, 4) is 0 Å². The molecule has 0 bridgehead atoms. The fraction of sp³-hybridized carbons (Fsp3) is 0.400. The van der Waals surface area contributed by atoms with Crippen molar-refractivity contribution in [2.24, 2.45) is 0 Å². The molecule has 0 radical (unpaired) electrons. The summed E-state index contributed by atoms with van der Waals surface area (Å²) in [6.45, 7) is 4.63. The molecule has 1 aliphatic rings. The van der Waals surface area contributed by atoms with Gasteiger partial charge < -0.3 is 14.8 Å². The fourth-order valence-corrected chi connectivity index (χ4v) is 3.68. The Balaban J connectivity index is 1.66. The van der Waals surface area contributed by atoms with E-state index in [1.54, 1.807) is 6.20 Å². The number of aryl methyl sites for hydroxylation is 2. The zero-order valence-corrected chi connectivity index (χ0v) is 16.2. The van der Waals surface area contributed by atoms with Gasteiger partial charge in [0.1, 0.15) is 5.82 Å². The molecule has 2 aromatic heterocycles. The van der Waals surface area contributed by atoms with E-state index < -0.39 is 0 Å². The Morgan fingerprint density at radius 1 is 1.26 bits per heavy atom. The van der Waals surface area contributed by atoms with E-state index in [-0.39, 0.29) is 11.9 Å². The van der Waals surface area contributed by atoms with Gasteiger partial charge in [0.2, 0.25) is 5.95 Å². The minimum atomic E-state index is -0.0442. The molecule has 1 atom stereocenters. The van der Waals surface area contributed by atoms with Gasteiger partial charge >= 0.3 is 0 Å². The van der Waals surface area contributed by atoms with Crippen molar-refractivity contribution in [3.05, 3.63) is 47.0 Å². The van der Waals surface area contributed by atoms with Crippen molar-refractivity contribution in [3.63, 3.8) is 0 Å². The van der Waals surface area contributed by atoms with Crippen molar-refractivity contribution >= 4 is 22.9 Å². The Bertz CT molecular complexity index is 1010. The summed E-state index contributed by atoms with van der Waals surface area (Å²) < 4.78 is 0. The third-order valence-electron chi connectivity index (χ3n) is 5.16. The molecule has 3 heterocycles. The van der Waals surface area contributed by atoms with Gasteiger partial charge in [-0.3, -0.25) is 4.79 Å². The molecular formula is C20H24N6O. The topological polar surface area (TPSA) is 78.0 Å². The number of likely N-dealkylation sites (tertiary alicyclic amines) is 1. The number of para-hydroxylation sites is 1. The SMILES string of the molecule is Cc1nc(N(C)C)ncc1C(=O)N1CCC[C@H]1c1nc2c(C)cccc2[nH]1. The number of hydrogen-bond acceptors (Lipinski definition) is 5. The van der Waals surface area contributed by atoms with Gasteiger partial charge in [-0.15, -0.1) is 0 Å². The standard InChI is InChI=1S/C20H24N6O/c1-12-7-5-8-15-17(12)24-18(23-15)16-9-6-10-26(16)19(27)14-11-21-20(25(3)4)22-13(14)2/h5,7-8,11,16H,6,9-10H2,1-4H3,(H,23,24)/t16-/m0/s1. The number of nitrogens with one attached hydrogen (secondary N) is 1. The molecule has 1 N–H and O–H groups in total. The van der Waals surface area contributed by atoms with Gasteiger partial charge in [0.25, 0.3) is 5.91 Å². The minimum Gasteiger partial charge on any atom is -0.347 e. The van der Waals surface area contributed by atoms with Crippen LogP contribution in [-0.4, -0.2) is 51.4 Å². The van der Waals surface area contributed by atoms with E-state index in [4.69, 9.17) is 4.98 Å². The highest BCUT2D eigenvalue weighted by Crippen LogP contribution is 2.33. The maximum Gasteiger partial charge on any atom is 0.257 e. The number of anilines is 1. The second-order valence-electron chi connectivity index (χ2n) is 7.31. The summed E-state index contributed by atoms with van der Waals surface area (Å²) in [5, 5.41) is 0. The Morgan fingerprint density at radius 2 is 2.07 bits per heavy atom. The molecule has 4 rings (SSSR count). The van der Waals surface area contributed by atoms with Crippen LogP contribution in [0.2, 0.25) is 0 Å². The highest BCUT2D eigenvalue weighted by Gasteiger charge is 2.33. The number of hydrogen-bond donors (Lipinski definition) is 1. The van der Waals surface area contributed by atoms with Crippen LogP contribution in [0.25, 0.3) is 11.0 Å². The third-order valence-corrected chi connectivity index (χ3v) is 5.16. The number of carbonyl (C=O) groups is 1. The van der Waals surface area contributed by atoms with E-state index in [0.29, 0.717) is 23.8 Å². The van der Waals surface area contributed by atoms with Gasteiger partial charge in [0.05, 0.1) is 28.3 Å². The minimum absolute atomic E-state index is 0.0301. The van der Waals surface area contributed by atoms with Gasteiger partial charge in [-0.25, -0.2) is 15.0 Å². The van der Waals surface area contributed by atoms with E-state index >= 15 is 0 Å². The first-order valence-electron chi connectivity index (χ1n) is 9.23.